The van der Waals surface area contributed by atoms with Crippen LogP contribution in [0.3, 0.4) is 0 Å². The van der Waals surface area contributed by atoms with E-state index >= 15 is 0 Å². The van der Waals surface area contributed by atoms with Gasteiger partial charge >= 0.3 is 5.97 Å². The first-order valence-electron chi connectivity index (χ1n) is 4.48. The quantitative estimate of drug-likeness (QED) is 0.487. The molecule has 0 spiro atoms. The molecule has 0 amide bonds. The van der Waals surface area contributed by atoms with Gasteiger partial charge in [0.2, 0.25) is 0 Å². The summed E-state index contributed by atoms with van der Waals surface area (Å²) in [7, 11) is 0. The lowest BCUT2D eigenvalue weighted by Gasteiger charge is -2.20. The molecule has 3 fully saturated rings. The molecule has 3 rings (SSSR count). The van der Waals surface area contributed by atoms with Crippen molar-refractivity contribution in [3.63, 3.8) is 0 Å². The molecule has 2 heteroatoms. The number of carbonyl (C=O) groups excluding carboxylic acids is 1. The zero-order valence-electron chi connectivity index (χ0n) is 6.62. The smallest absolute Gasteiger partial charge is 0.309 e. The van der Waals surface area contributed by atoms with E-state index in [0.29, 0.717) is 23.9 Å². The van der Waals surface area contributed by atoms with Crippen molar-refractivity contribution in [2.75, 3.05) is 0 Å². The highest BCUT2D eigenvalue weighted by Crippen LogP contribution is 2.56. The summed E-state index contributed by atoms with van der Waals surface area (Å²) in [5, 5.41) is 0. The number of carbonyl (C=O) groups is 1. The van der Waals surface area contributed by atoms with Crippen molar-refractivity contribution in [2.45, 2.75) is 25.9 Å². The molecule has 5 atom stereocenters. The normalized spacial score (nSPS) is 58.6. The van der Waals surface area contributed by atoms with Gasteiger partial charge in [-0.3, -0.25) is 4.79 Å². The molecule has 0 aromatic heterocycles. The number of esters is 1. The Labute approximate surface area is 65.9 Å². The van der Waals surface area contributed by atoms with Crippen molar-refractivity contribution >= 4 is 5.97 Å². The topological polar surface area (TPSA) is 26.3 Å². The maximum Gasteiger partial charge on any atom is 0.309 e. The SMILES string of the molecule is CC1C2OC(=O)C3C[C@H]1CC32. The van der Waals surface area contributed by atoms with Gasteiger partial charge in [-0.15, -0.1) is 0 Å². The Morgan fingerprint density at radius 1 is 1.45 bits per heavy atom. The molecule has 2 bridgehead atoms. The number of hydrogen-bond acceptors (Lipinski definition) is 2. The molecule has 1 saturated heterocycles. The fraction of sp³-hybridized carbons (Fsp3) is 0.889. The van der Waals surface area contributed by atoms with Gasteiger partial charge in [0.05, 0.1) is 5.92 Å². The second kappa shape index (κ2) is 1.62. The van der Waals surface area contributed by atoms with Crippen LogP contribution in [0.4, 0.5) is 0 Å². The van der Waals surface area contributed by atoms with Crippen molar-refractivity contribution in [3.05, 3.63) is 0 Å². The highest BCUT2D eigenvalue weighted by molar-refractivity contribution is 5.76. The standard InChI is InChI=1S/C9H12O2/c1-4-5-2-6-7(3-5)9(10)11-8(4)6/h4-8H,2-3H2,1H3/t4?,5-,6?,7?,8?/m1/s1. The van der Waals surface area contributed by atoms with E-state index in [2.05, 4.69) is 6.92 Å². The molecule has 0 N–H and O–H groups in total. The Hall–Kier alpha value is -0.530. The lowest BCUT2D eigenvalue weighted by Crippen LogP contribution is -2.24. The molecule has 60 valence electrons. The van der Waals surface area contributed by atoms with Gasteiger partial charge in [-0.2, -0.15) is 0 Å². The van der Waals surface area contributed by atoms with Crippen LogP contribution in [0.15, 0.2) is 0 Å². The summed E-state index contributed by atoms with van der Waals surface area (Å²) in [5.74, 6) is 2.42. The van der Waals surface area contributed by atoms with Crippen molar-refractivity contribution in [2.24, 2.45) is 23.7 Å². The largest absolute Gasteiger partial charge is 0.462 e. The van der Waals surface area contributed by atoms with Gasteiger partial charge in [-0.1, -0.05) is 6.92 Å². The summed E-state index contributed by atoms with van der Waals surface area (Å²) in [6.07, 6.45) is 2.66. The molecule has 0 aromatic carbocycles. The fourth-order valence-corrected chi connectivity index (χ4v) is 3.25. The summed E-state index contributed by atoms with van der Waals surface area (Å²) in [4.78, 5) is 11.2. The average molecular weight is 152 g/mol. The summed E-state index contributed by atoms with van der Waals surface area (Å²) in [5.41, 5.74) is 0. The Morgan fingerprint density at radius 2 is 2.27 bits per heavy atom. The van der Waals surface area contributed by atoms with E-state index in [0.717, 1.165) is 12.3 Å². The van der Waals surface area contributed by atoms with Gasteiger partial charge < -0.3 is 4.74 Å². The Bertz CT molecular complexity index is 224. The van der Waals surface area contributed by atoms with Crippen LogP contribution in [-0.4, -0.2) is 12.1 Å². The number of ether oxygens (including phenoxy) is 1. The Balaban J connectivity index is 2.04. The molecule has 2 aliphatic carbocycles. The number of rotatable bonds is 0. The van der Waals surface area contributed by atoms with E-state index in [9.17, 15) is 4.79 Å². The molecule has 0 aromatic rings. The first kappa shape index (κ1) is 6.04. The summed E-state index contributed by atoms with van der Waals surface area (Å²) < 4.78 is 5.31. The first-order chi connectivity index (χ1) is 5.27. The Kier molecular flexibility index (Phi) is 0.890. The van der Waals surface area contributed by atoms with Crippen LogP contribution in [0.2, 0.25) is 0 Å². The Morgan fingerprint density at radius 3 is 2.91 bits per heavy atom. The van der Waals surface area contributed by atoms with Gasteiger partial charge in [0.25, 0.3) is 0 Å². The summed E-state index contributed by atoms with van der Waals surface area (Å²) >= 11 is 0. The molecule has 4 unspecified atom stereocenters. The molecule has 2 nitrogen and oxygen atoms in total. The number of fused-ring (bicyclic) bond motifs is 1. The van der Waals surface area contributed by atoms with Crippen molar-refractivity contribution in [1.82, 2.24) is 0 Å². The molecule has 3 aliphatic rings. The second-order valence-electron chi connectivity index (χ2n) is 4.26. The highest BCUT2D eigenvalue weighted by Gasteiger charge is 2.59. The molecule has 11 heavy (non-hydrogen) atoms. The molecular weight excluding hydrogens is 140 g/mol. The van der Waals surface area contributed by atoms with Crippen LogP contribution in [0.5, 0.6) is 0 Å². The molecule has 1 heterocycles. The molecule has 2 saturated carbocycles. The van der Waals surface area contributed by atoms with E-state index in [4.69, 9.17) is 4.74 Å². The average Bonchev–Trinajstić information content (AvgIpc) is 2.53. The minimum absolute atomic E-state index is 0.0897. The zero-order valence-corrected chi connectivity index (χ0v) is 6.62. The van der Waals surface area contributed by atoms with E-state index in [1.54, 1.807) is 0 Å². The predicted molar refractivity (Wildman–Crippen MR) is 38.7 cm³/mol. The fourth-order valence-electron chi connectivity index (χ4n) is 3.25. The second-order valence-corrected chi connectivity index (χ2v) is 4.26. The molecule has 1 aliphatic heterocycles. The van der Waals surface area contributed by atoms with E-state index < -0.39 is 0 Å². The summed E-state index contributed by atoms with van der Waals surface area (Å²) in [6, 6.07) is 0. The van der Waals surface area contributed by atoms with E-state index in [-0.39, 0.29) is 5.97 Å². The maximum absolute atomic E-state index is 11.2. The van der Waals surface area contributed by atoms with Crippen LogP contribution >= 0.6 is 0 Å². The van der Waals surface area contributed by atoms with Gasteiger partial charge in [0, 0.05) is 5.92 Å². The maximum atomic E-state index is 11.2. The summed E-state index contributed by atoms with van der Waals surface area (Å²) in [6.45, 7) is 2.23. The van der Waals surface area contributed by atoms with Crippen LogP contribution in [-0.2, 0) is 9.53 Å². The van der Waals surface area contributed by atoms with E-state index in [1.165, 1.54) is 6.42 Å². The van der Waals surface area contributed by atoms with Crippen molar-refractivity contribution < 1.29 is 9.53 Å². The third kappa shape index (κ3) is 0.534. The number of hydrogen-bond donors (Lipinski definition) is 0. The van der Waals surface area contributed by atoms with Gasteiger partial charge in [-0.25, -0.2) is 0 Å². The predicted octanol–water partition coefficient (Wildman–Crippen LogP) is 1.20. The van der Waals surface area contributed by atoms with Crippen molar-refractivity contribution in [3.8, 4) is 0 Å². The third-order valence-corrected chi connectivity index (χ3v) is 3.89. The van der Waals surface area contributed by atoms with E-state index in [1.807, 2.05) is 0 Å². The highest BCUT2D eigenvalue weighted by atomic mass is 16.6. The van der Waals surface area contributed by atoms with Gasteiger partial charge in [0.1, 0.15) is 6.10 Å². The van der Waals surface area contributed by atoms with Crippen LogP contribution < -0.4 is 0 Å². The van der Waals surface area contributed by atoms with Crippen LogP contribution in [0.25, 0.3) is 0 Å². The molecular formula is C9H12O2. The van der Waals surface area contributed by atoms with Gasteiger partial charge in [-0.05, 0) is 24.7 Å². The van der Waals surface area contributed by atoms with Crippen LogP contribution in [0.1, 0.15) is 19.8 Å². The lowest BCUT2D eigenvalue weighted by atomic mass is 9.83. The first-order valence-corrected chi connectivity index (χ1v) is 4.48. The monoisotopic (exact) mass is 152 g/mol. The zero-order chi connectivity index (χ0) is 7.59. The third-order valence-electron chi connectivity index (χ3n) is 3.89. The van der Waals surface area contributed by atoms with Crippen molar-refractivity contribution in [1.29, 1.82) is 0 Å². The minimum atomic E-state index is 0.0897. The molecule has 0 radical (unpaired) electrons. The van der Waals surface area contributed by atoms with Crippen LogP contribution in [0, 0.1) is 23.7 Å². The lowest BCUT2D eigenvalue weighted by molar-refractivity contribution is -0.144. The minimum Gasteiger partial charge on any atom is -0.462 e. The van der Waals surface area contributed by atoms with Gasteiger partial charge in [0.15, 0.2) is 0 Å².